The Morgan fingerprint density at radius 3 is 1.24 bits per heavy atom. The molecule has 0 fully saturated rings. The van der Waals surface area contributed by atoms with E-state index in [0.717, 1.165) is 109 Å². The highest BCUT2D eigenvalue weighted by Gasteiger charge is 2.27. The number of carbonyl (C=O) groups is 1. The number of carbonyl (C=O) groups excluding carboxylic acids is 1. The van der Waals surface area contributed by atoms with Gasteiger partial charge in [-0.05, 0) is 89.9 Å². The van der Waals surface area contributed by atoms with Crippen LogP contribution in [0.15, 0.2) is 122 Å². The Hall–Kier alpha value is -3.10. The average Bonchev–Trinajstić information content (AvgIpc) is 3.33. The van der Waals surface area contributed by atoms with Crippen LogP contribution in [0.3, 0.4) is 0 Å². The molecule has 0 aromatic heterocycles. The van der Waals surface area contributed by atoms with Crippen LogP contribution in [-0.4, -0.2) is 73.4 Å². The van der Waals surface area contributed by atoms with E-state index in [1.165, 1.54) is 83.5 Å². The van der Waals surface area contributed by atoms with Crippen LogP contribution in [-0.2, 0) is 18.4 Å². The molecule has 0 spiro atoms. The topological polar surface area (TPSA) is 105 Å². The third-order valence-corrected chi connectivity index (χ3v) is 12.9. The van der Waals surface area contributed by atoms with Crippen LogP contribution < -0.4 is 5.32 Å². The van der Waals surface area contributed by atoms with E-state index in [0.29, 0.717) is 17.4 Å². The quantitative estimate of drug-likeness (QED) is 0.0243. The summed E-state index contributed by atoms with van der Waals surface area (Å²) in [6, 6.07) is -0.861. The van der Waals surface area contributed by atoms with Gasteiger partial charge in [0.05, 0.1) is 39.9 Å². The summed E-state index contributed by atoms with van der Waals surface area (Å²) in [7, 11) is 1.55. The maximum atomic E-state index is 13.0. The summed E-state index contributed by atoms with van der Waals surface area (Å²) in [6.07, 6.45) is 77.2. The zero-order valence-electron chi connectivity index (χ0n) is 46.2. The lowest BCUT2D eigenvalue weighted by Crippen LogP contribution is -2.45. The number of unbranched alkanes of at least 4 members (excludes halogenated alkanes) is 19. The van der Waals surface area contributed by atoms with Crippen molar-refractivity contribution in [1.29, 1.82) is 0 Å². The maximum absolute atomic E-state index is 13.0. The number of aliphatic hydroxyl groups is 1. The minimum absolute atomic E-state index is 0.0530. The molecule has 3 unspecified atom stereocenters. The van der Waals surface area contributed by atoms with Crippen molar-refractivity contribution in [2.24, 2.45) is 0 Å². The summed E-state index contributed by atoms with van der Waals surface area (Å²) < 4.78 is 23.6. The summed E-state index contributed by atoms with van der Waals surface area (Å²) in [6.45, 7) is 4.67. The highest BCUT2D eigenvalue weighted by Crippen LogP contribution is 2.43. The van der Waals surface area contributed by atoms with E-state index in [-0.39, 0.29) is 19.1 Å². The lowest BCUT2D eigenvalue weighted by molar-refractivity contribution is -0.870. The van der Waals surface area contributed by atoms with Crippen molar-refractivity contribution >= 4 is 13.7 Å². The summed E-state index contributed by atoms with van der Waals surface area (Å²) >= 11 is 0. The number of hydrogen-bond donors (Lipinski definition) is 3. The maximum Gasteiger partial charge on any atom is 0.472 e. The molecule has 0 aromatic rings. The van der Waals surface area contributed by atoms with E-state index in [9.17, 15) is 19.4 Å². The average molecular weight is 1010 g/mol. The molecular weight excluding hydrogens is 900 g/mol. The molecule has 406 valence electrons. The smallest absolute Gasteiger partial charge is 0.387 e. The molecule has 3 atom stereocenters. The van der Waals surface area contributed by atoms with Crippen molar-refractivity contribution in [3.63, 3.8) is 0 Å². The molecule has 0 aliphatic heterocycles. The van der Waals surface area contributed by atoms with Crippen molar-refractivity contribution in [2.45, 2.75) is 225 Å². The minimum Gasteiger partial charge on any atom is -0.387 e. The minimum atomic E-state index is -4.35. The number of nitrogens with one attached hydrogen (secondary N) is 1. The molecule has 0 bridgehead atoms. The monoisotopic (exact) mass is 1010 g/mol. The predicted octanol–water partition coefficient (Wildman–Crippen LogP) is 17.4. The fourth-order valence-electron chi connectivity index (χ4n) is 7.50. The Balaban J connectivity index is 4.21. The first kappa shape index (κ1) is 67.9. The number of phosphoric ester groups is 1. The van der Waals surface area contributed by atoms with Gasteiger partial charge in [-0.15, -0.1) is 0 Å². The highest BCUT2D eigenvalue weighted by molar-refractivity contribution is 7.47. The lowest BCUT2D eigenvalue weighted by Gasteiger charge is -2.25. The van der Waals surface area contributed by atoms with E-state index in [1.807, 2.05) is 27.2 Å². The number of quaternary nitrogens is 1. The molecule has 71 heavy (non-hydrogen) atoms. The molecule has 0 rings (SSSR count). The molecule has 0 saturated heterocycles. The van der Waals surface area contributed by atoms with Crippen molar-refractivity contribution in [3.05, 3.63) is 122 Å². The van der Waals surface area contributed by atoms with Gasteiger partial charge in [0, 0.05) is 6.42 Å². The van der Waals surface area contributed by atoms with Crippen LogP contribution in [0, 0.1) is 0 Å². The number of hydrogen-bond acceptors (Lipinski definition) is 5. The number of rotatable bonds is 50. The van der Waals surface area contributed by atoms with Crippen LogP contribution >= 0.6 is 7.82 Å². The number of phosphoric acid groups is 1. The highest BCUT2D eigenvalue weighted by atomic mass is 31.2. The molecule has 0 heterocycles. The molecule has 0 aliphatic rings. The number of aliphatic hydroxyl groups excluding tert-OH is 1. The second-order valence-corrected chi connectivity index (χ2v) is 21.4. The largest absolute Gasteiger partial charge is 0.472 e. The van der Waals surface area contributed by atoms with E-state index >= 15 is 0 Å². The van der Waals surface area contributed by atoms with Crippen molar-refractivity contribution in [3.8, 4) is 0 Å². The van der Waals surface area contributed by atoms with Gasteiger partial charge in [-0.2, -0.15) is 0 Å². The molecular formula is C62H108N2O6P+. The first-order valence-electron chi connectivity index (χ1n) is 28.4. The van der Waals surface area contributed by atoms with E-state index < -0.39 is 20.0 Å². The van der Waals surface area contributed by atoms with Gasteiger partial charge in [-0.25, -0.2) is 4.57 Å². The molecule has 0 saturated carbocycles. The Morgan fingerprint density at radius 1 is 0.493 bits per heavy atom. The molecule has 0 aliphatic carbocycles. The Bertz CT molecular complexity index is 1560. The van der Waals surface area contributed by atoms with Gasteiger partial charge < -0.3 is 19.8 Å². The normalized spacial score (nSPS) is 14.9. The second-order valence-electron chi connectivity index (χ2n) is 19.9. The third kappa shape index (κ3) is 54.5. The van der Waals surface area contributed by atoms with Crippen LogP contribution in [0.4, 0.5) is 0 Å². The summed E-state index contributed by atoms with van der Waals surface area (Å²) in [4.78, 5) is 23.3. The molecule has 8 nitrogen and oxygen atoms in total. The van der Waals surface area contributed by atoms with Gasteiger partial charge in [0.1, 0.15) is 13.2 Å². The zero-order chi connectivity index (χ0) is 52.0. The third-order valence-electron chi connectivity index (χ3n) is 11.9. The Kier molecular flexibility index (Phi) is 49.5. The number of likely N-dealkylation sites (N-methyl/N-ethyl adjacent to an activating group) is 1. The fraction of sp³-hybridized carbons (Fsp3) is 0.661. The fourth-order valence-corrected chi connectivity index (χ4v) is 8.24. The van der Waals surface area contributed by atoms with E-state index in [2.05, 4.69) is 129 Å². The standard InChI is InChI=1S/C62H107N2O6P/c1-6-8-10-12-14-16-18-20-22-23-24-25-26-27-28-29-30-31-32-33-34-35-36-37-38-39-40-41-42-44-46-48-50-52-54-56-62(66)63-60(59-70-71(67,68)69-58-57-64(3,4)5)61(65)55-53-51-49-47-45-43-21-19-17-15-13-11-9-7-2/h8,10,14,16,20,22,24-25,27-28,30-31,33-34,36-37,39-40,53,55,60-61,65H,6-7,9,11-13,15,17-19,21,23,26,29,32,35,38,41-52,54,56-59H2,1-5H3,(H-,63,66,67,68)/p+1/b10-8-,16-14-,22-20-,25-24-,28-27-,31-30-,34-33-,37-36-,40-39-,55-53+. The molecule has 3 N–H and O–H groups in total. The zero-order valence-corrected chi connectivity index (χ0v) is 47.1. The SMILES string of the molecule is CC/C=C\C/C=C\C/C=C\C/C=C\C/C=C\C/C=C\C/C=C\C/C=C\C/C=C\CCCCCCCCCC(=O)NC(COP(=O)(O)OCC[N+](C)(C)C)C(O)/C=C/CCCCCCCCCCCCCC. The van der Waals surface area contributed by atoms with Gasteiger partial charge in [0.25, 0.3) is 0 Å². The van der Waals surface area contributed by atoms with Crippen molar-refractivity contribution in [1.82, 2.24) is 5.32 Å². The van der Waals surface area contributed by atoms with E-state index in [4.69, 9.17) is 9.05 Å². The van der Waals surface area contributed by atoms with Gasteiger partial charge in [0.15, 0.2) is 0 Å². The number of amides is 1. The summed E-state index contributed by atoms with van der Waals surface area (Å²) in [5.74, 6) is -0.194. The van der Waals surface area contributed by atoms with Gasteiger partial charge in [0.2, 0.25) is 5.91 Å². The van der Waals surface area contributed by atoms with Crippen LogP contribution in [0.25, 0.3) is 0 Å². The Labute approximate surface area is 437 Å². The molecule has 9 heteroatoms. The molecule has 0 radical (unpaired) electrons. The van der Waals surface area contributed by atoms with Crippen LogP contribution in [0.5, 0.6) is 0 Å². The number of nitrogens with zero attached hydrogens (tertiary/aromatic N) is 1. The van der Waals surface area contributed by atoms with Crippen molar-refractivity contribution in [2.75, 3.05) is 40.9 Å². The Morgan fingerprint density at radius 2 is 0.845 bits per heavy atom. The first-order valence-corrected chi connectivity index (χ1v) is 29.9. The lowest BCUT2D eigenvalue weighted by atomic mass is 10.0. The first-order chi connectivity index (χ1) is 34.5. The molecule has 0 aromatic carbocycles. The van der Waals surface area contributed by atoms with E-state index in [1.54, 1.807) is 6.08 Å². The second kappa shape index (κ2) is 51.8. The number of allylic oxidation sites excluding steroid dienone is 19. The van der Waals surface area contributed by atoms with Gasteiger partial charge in [-0.3, -0.25) is 13.8 Å². The summed E-state index contributed by atoms with van der Waals surface area (Å²) in [5.41, 5.74) is 0. The van der Waals surface area contributed by atoms with Crippen LogP contribution in [0.2, 0.25) is 0 Å². The predicted molar refractivity (Wildman–Crippen MR) is 308 cm³/mol. The van der Waals surface area contributed by atoms with Crippen LogP contribution in [0.1, 0.15) is 213 Å². The van der Waals surface area contributed by atoms with Gasteiger partial charge >= 0.3 is 7.82 Å². The summed E-state index contributed by atoms with van der Waals surface area (Å²) in [5, 5.41) is 13.9. The molecule has 1 amide bonds. The van der Waals surface area contributed by atoms with Crippen molar-refractivity contribution < 1.29 is 32.9 Å². The van der Waals surface area contributed by atoms with Gasteiger partial charge in [-0.1, -0.05) is 238 Å².